The highest BCUT2D eigenvalue weighted by Gasteiger charge is 2.33. The molecule has 0 aromatic rings. The lowest BCUT2D eigenvalue weighted by Gasteiger charge is -2.32. The average Bonchev–Trinajstić information content (AvgIpc) is 2.15. The monoisotopic (exact) mass is 235 g/mol. The summed E-state index contributed by atoms with van der Waals surface area (Å²) >= 11 is 0. The number of Topliss-reactive ketones (excluding diaryl/α,β-unsaturated/α-hetero) is 1. The number of nitrogens with one attached hydrogen (secondary N) is 1. The van der Waals surface area contributed by atoms with E-state index in [2.05, 4.69) is 10.1 Å². The molecule has 1 fully saturated rings. The standard InChI is InChI=1S/C11H19F2NO2/c1-11(2,3)9(15)8-5-4-7(6-14-8)16-10(12)13/h7-8,10,14H,4-6H2,1-3H3. The first-order chi connectivity index (χ1) is 7.30. The molecule has 0 radical (unpaired) electrons. The van der Waals surface area contributed by atoms with Gasteiger partial charge >= 0.3 is 6.61 Å². The second-order valence-corrected chi connectivity index (χ2v) is 5.17. The largest absolute Gasteiger partial charge is 0.345 e. The van der Waals surface area contributed by atoms with Crippen LogP contribution in [0.2, 0.25) is 0 Å². The first kappa shape index (κ1) is 13.5. The topological polar surface area (TPSA) is 38.3 Å². The van der Waals surface area contributed by atoms with Gasteiger partial charge in [-0.05, 0) is 12.8 Å². The summed E-state index contributed by atoms with van der Waals surface area (Å²) in [5.74, 6) is 0.128. The van der Waals surface area contributed by atoms with Crippen LogP contribution < -0.4 is 5.32 Å². The molecule has 0 aliphatic carbocycles. The molecule has 1 heterocycles. The molecule has 0 amide bonds. The van der Waals surface area contributed by atoms with Crippen LogP contribution in [0.4, 0.5) is 8.78 Å². The van der Waals surface area contributed by atoms with Crippen LogP contribution in [0.1, 0.15) is 33.6 Å². The molecular formula is C11H19F2NO2. The summed E-state index contributed by atoms with van der Waals surface area (Å²) in [5, 5.41) is 2.97. The number of ether oxygens (including phenoxy) is 1. The van der Waals surface area contributed by atoms with Gasteiger partial charge in [-0.1, -0.05) is 20.8 Å². The maximum Gasteiger partial charge on any atom is 0.345 e. The number of rotatable bonds is 3. The third kappa shape index (κ3) is 3.79. The number of piperidine rings is 1. The van der Waals surface area contributed by atoms with E-state index in [1.165, 1.54) is 0 Å². The quantitative estimate of drug-likeness (QED) is 0.812. The van der Waals surface area contributed by atoms with Gasteiger partial charge in [-0.15, -0.1) is 0 Å². The van der Waals surface area contributed by atoms with Gasteiger partial charge in [0.25, 0.3) is 0 Å². The van der Waals surface area contributed by atoms with Gasteiger partial charge in [0.2, 0.25) is 0 Å². The van der Waals surface area contributed by atoms with E-state index in [-0.39, 0.29) is 11.8 Å². The molecule has 2 unspecified atom stereocenters. The van der Waals surface area contributed by atoms with Crippen LogP contribution in [-0.2, 0) is 9.53 Å². The number of hydrogen-bond donors (Lipinski definition) is 1. The molecule has 94 valence electrons. The summed E-state index contributed by atoms with van der Waals surface area (Å²) in [4.78, 5) is 11.9. The van der Waals surface area contributed by atoms with Gasteiger partial charge in [-0.2, -0.15) is 8.78 Å². The van der Waals surface area contributed by atoms with E-state index in [9.17, 15) is 13.6 Å². The zero-order valence-corrected chi connectivity index (χ0v) is 9.93. The minimum atomic E-state index is -2.73. The Kier molecular flexibility index (Phi) is 4.38. The third-order valence-corrected chi connectivity index (χ3v) is 2.72. The Morgan fingerprint density at radius 2 is 2.00 bits per heavy atom. The highest BCUT2D eigenvalue weighted by Crippen LogP contribution is 2.22. The molecule has 0 aromatic carbocycles. The molecule has 1 aliphatic heterocycles. The normalized spacial score (nSPS) is 27.1. The zero-order chi connectivity index (χ0) is 12.3. The summed E-state index contributed by atoms with van der Waals surface area (Å²) in [6.07, 6.45) is 0.584. The van der Waals surface area contributed by atoms with Crippen LogP contribution in [0.5, 0.6) is 0 Å². The Morgan fingerprint density at radius 3 is 2.38 bits per heavy atom. The maximum atomic E-state index is 11.9. The van der Waals surface area contributed by atoms with Crippen LogP contribution in [-0.4, -0.2) is 31.1 Å². The fourth-order valence-corrected chi connectivity index (χ4v) is 1.84. The second kappa shape index (κ2) is 5.19. The van der Waals surface area contributed by atoms with Crippen LogP contribution in [0, 0.1) is 5.41 Å². The number of ketones is 1. The maximum absolute atomic E-state index is 11.9. The Bertz CT molecular complexity index is 243. The predicted octanol–water partition coefficient (Wildman–Crippen LogP) is 1.96. The Balaban J connectivity index is 2.40. The van der Waals surface area contributed by atoms with Crippen molar-refractivity contribution in [3.05, 3.63) is 0 Å². The van der Waals surface area contributed by atoms with Crippen molar-refractivity contribution in [1.82, 2.24) is 5.32 Å². The number of carbonyl (C=O) groups excluding carboxylic acids is 1. The number of carbonyl (C=O) groups is 1. The average molecular weight is 235 g/mol. The lowest BCUT2D eigenvalue weighted by molar-refractivity contribution is -0.168. The van der Waals surface area contributed by atoms with E-state index >= 15 is 0 Å². The van der Waals surface area contributed by atoms with Gasteiger partial charge in [0.15, 0.2) is 5.78 Å². The molecule has 1 saturated heterocycles. The Morgan fingerprint density at radius 1 is 1.38 bits per heavy atom. The van der Waals surface area contributed by atoms with Crippen LogP contribution in [0.25, 0.3) is 0 Å². The molecular weight excluding hydrogens is 216 g/mol. The van der Waals surface area contributed by atoms with Gasteiger partial charge < -0.3 is 10.1 Å². The van der Waals surface area contributed by atoms with Gasteiger partial charge in [-0.25, -0.2) is 0 Å². The number of alkyl halides is 2. The molecule has 0 aromatic heterocycles. The van der Waals surface area contributed by atoms with Gasteiger partial charge in [-0.3, -0.25) is 4.79 Å². The molecule has 2 atom stereocenters. The lowest BCUT2D eigenvalue weighted by Crippen LogP contribution is -2.50. The lowest BCUT2D eigenvalue weighted by atomic mass is 9.83. The molecule has 0 spiro atoms. The predicted molar refractivity (Wildman–Crippen MR) is 56.4 cm³/mol. The molecule has 1 N–H and O–H groups in total. The van der Waals surface area contributed by atoms with Crippen molar-refractivity contribution < 1.29 is 18.3 Å². The Hall–Kier alpha value is -0.550. The summed E-state index contributed by atoms with van der Waals surface area (Å²) in [6.45, 7) is 3.16. The van der Waals surface area contributed by atoms with E-state index in [0.29, 0.717) is 19.4 Å². The molecule has 5 heteroatoms. The van der Waals surface area contributed by atoms with Crippen molar-refractivity contribution in [2.45, 2.75) is 52.4 Å². The van der Waals surface area contributed by atoms with Crippen molar-refractivity contribution >= 4 is 5.78 Å². The van der Waals surface area contributed by atoms with Gasteiger partial charge in [0.05, 0.1) is 12.1 Å². The molecule has 0 saturated carbocycles. The smallest absolute Gasteiger partial charge is 0.318 e. The Labute approximate surface area is 94.5 Å². The highest BCUT2D eigenvalue weighted by molar-refractivity contribution is 5.88. The van der Waals surface area contributed by atoms with Crippen molar-refractivity contribution in [3.8, 4) is 0 Å². The van der Waals surface area contributed by atoms with Crippen molar-refractivity contribution in [2.75, 3.05) is 6.54 Å². The number of halogens is 2. The summed E-state index contributed by atoms with van der Waals surface area (Å²) in [7, 11) is 0. The third-order valence-electron chi connectivity index (χ3n) is 2.72. The van der Waals surface area contributed by atoms with Crippen LogP contribution in [0.15, 0.2) is 0 Å². The first-order valence-electron chi connectivity index (χ1n) is 5.52. The minimum Gasteiger partial charge on any atom is -0.318 e. The van der Waals surface area contributed by atoms with Gasteiger partial charge in [0, 0.05) is 12.0 Å². The zero-order valence-electron chi connectivity index (χ0n) is 9.93. The van der Waals surface area contributed by atoms with Crippen molar-refractivity contribution in [1.29, 1.82) is 0 Å². The van der Waals surface area contributed by atoms with E-state index in [4.69, 9.17) is 0 Å². The van der Waals surface area contributed by atoms with Gasteiger partial charge in [0.1, 0.15) is 0 Å². The van der Waals surface area contributed by atoms with Crippen molar-refractivity contribution in [3.63, 3.8) is 0 Å². The second-order valence-electron chi connectivity index (χ2n) is 5.17. The van der Waals surface area contributed by atoms with Crippen molar-refractivity contribution in [2.24, 2.45) is 5.41 Å². The summed E-state index contributed by atoms with van der Waals surface area (Å²) in [6, 6.07) is -0.225. The first-order valence-corrected chi connectivity index (χ1v) is 5.52. The van der Waals surface area contributed by atoms with E-state index in [1.807, 2.05) is 20.8 Å². The van der Waals surface area contributed by atoms with E-state index in [0.717, 1.165) is 0 Å². The molecule has 0 bridgehead atoms. The molecule has 3 nitrogen and oxygen atoms in total. The summed E-state index contributed by atoms with van der Waals surface area (Å²) < 4.78 is 28.3. The van der Waals surface area contributed by atoms with E-state index < -0.39 is 18.1 Å². The van der Waals surface area contributed by atoms with Crippen LogP contribution in [0.3, 0.4) is 0 Å². The fourth-order valence-electron chi connectivity index (χ4n) is 1.84. The molecule has 16 heavy (non-hydrogen) atoms. The fraction of sp³-hybridized carbons (Fsp3) is 0.909. The van der Waals surface area contributed by atoms with E-state index in [1.54, 1.807) is 0 Å². The molecule has 1 aliphatic rings. The SMILES string of the molecule is CC(C)(C)C(=O)C1CCC(OC(F)F)CN1. The number of hydrogen-bond acceptors (Lipinski definition) is 3. The minimum absolute atomic E-state index is 0.128. The molecule has 1 rings (SSSR count). The highest BCUT2D eigenvalue weighted by atomic mass is 19.3. The summed E-state index contributed by atoms with van der Waals surface area (Å²) in [5.41, 5.74) is -0.395. The van der Waals surface area contributed by atoms with Crippen LogP contribution >= 0.6 is 0 Å².